The van der Waals surface area contributed by atoms with E-state index in [-0.39, 0.29) is 18.0 Å². The second-order valence-corrected chi connectivity index (χ2v) is 7.01. The molecule has 1 aromatic rings. The molecule has 0 radical (unpaired) electrons. The van der Waals surface area contributed by atoms with E-state index >= 15 is 0 Å². The third kappa shape index (κ3) is 4.46. The first-order valence-corrected chi connectivity index (χ1v) is 8.67. The number of carboxylic acids is 1. The number of nitrogens with one attached hydrogen (secondary N) is 1. The summed E-state index contributed by atoms with van der Waals surface area (Å²) in [6.07, 6.45) is 1.90. The topological polar surface area (TPSA) is 83.5 Å². The molecular weight excluding hydrogens is 305 g/mol. The fraction of sp³-hybridized carbons (Fsp3) is 0.417. The minimum absolute atomic E-state index is 0.0884. The van der Waals surface area contributed by atoms with Gasteiger partial charge in [-0.1, -0.05) is 6.92 Å². The first-order valence-electron chi connectivity index (χ1n) is 5.79. The lowest BCUT2D eigenvalue weighted by Gasteiger charge is -2.12. The van der Waals surface area contributed by atoms with E-state index in [1.807, 2.05) is 13.2 Å². The number of halogens is 1. The predicted molar refractivity (Wildman–Crippen MR) is 76.1 cm³/mol. The van der Waals surface area contributed by atoms with Gasteiger partial charge in [-0.15, -0.1) is 0 Å². The number of thioether (sulfide) groups is 1. The van der Waals surface area contributed by atoms with Crippen LogP contribution in [0.2, 0.25) is 0 Å². The highest BCUT2D eigenvalue weighted by molar-refractivity contribution is 7.98. The molecule has 0 aromatic heterocycles. The fourth-order valence-corrected chi connectivity index (χ4v) is 3.47. The van der Waals surface area contributed by atoms with Crippen LogP contribution in [0.3, 0.4) is 0 Å². The standard InChI is InChI=1S/C12H16FNO4S2/c1-8(7-19-2)6-14-20(17,18)11-5-9(12(15)16)3-4-10(11)13/h3-5,8,14H,6-7H2,1-2H3,(H,15,16). The van der Waals surface area contributed by atoms with E-state index in [9.17, 15) is 17.6 Å². The number of carbonyl (C=O) groups is 1. The summed E-state index contributed by atoms with van der Waals surface area (Å²) in [4.78, 5) is 10.2. The van der Waals surface area contributed by atoms with Crippen molar-refractivity contribution in [2.45, 2.75) is 11.8 Å². The second kappa shape index (κ2) is 7.05. The Hall–Kier alpha value is -1.12. The molecule has 1 rings (SSSR count). The summed E-state index contributed by atoms with van der Waals surface area (Å²) in [6, 6.07) is 2.68. The minimum Gasteiger partial charge on any atom is -0.478 e. The van der Waals surface area contributed by atoms with Gasteiger partial charge in [0.2, 0.25) is 10.0 Å². The van der Waals surface area contributed by atoms with Gasteiger partial charge in [-0.25, -0.2) is 22.3 Å². The maximum Gasteiger partial charge on any atom is 0.335 e. The predicted octanol–water partition coefficient (Wildman–Crippen LogP) is 1.80. The van der Waals surface area contributed by atoms with Gasteiger partial charge >= 0.3 is 5.97 Å². The Morgan fingerprint density at radius 3 is 2.70 bits per heavy atom. The van der Waals surface area contributed by atoms with Crippen LogP contribution in [0.15, 0.2) is 23.1 Å². The van der Waals surface area contributed by atoms with Gasteiger partial charge < -0.3 is 5.11 Å². The molecule has 0 bridgehead atoms. The molecule has 0 saturated heterocycles. The fourth-order valence-electron chi connectivity index (χ4n) is 1.52. The summed E-state index contributed by atoms with van der Waals surface area (Å²) in [5, 5.41) is 8.81. The number of aromatic carboxylic acids is 1. The van der Waals surface area contributed by atoms with Crippen molar-refractivity contribution in [1.29, 1.82) is 0 Å². The molecule has 20 heavy (non-hydrogen) atoms. The van der Waals surface area contributed by atoms with Crippen molar-refractivity contribution in [3.8, 4) is 0 Å². The number of sulfonamides is 1. The zero-order chi connectivity index (χ0) is 15.3. The summed E-state index contributed by atoms with van der Waals surface area (Å²) >= 11 is 1.58. The van der Waals surface area contributed by atoms with Gasteiger partial charge in [-0.05, 0) is 36.1 Å². The third-order valence-electron chi connectivity index (χ3n) is 2.54. The molecule has 0 fully saturated rings. The van der Waals surface area contributed by atoms with Crippen molar-refractivity contribution in [3.63, 3.8) is 0 Å². The van der Waals surface area contributed by atoms with Gasteiger partial charge in [0, 0.05) is 6.54 Å². The monoisotopic (exact) mass is 321 g/mol. The van der Waals surface area contributed by atoms with Gasteiger partial charge in [0.25, 0.3) is 0 Å². The zero-order valence-electron chi connectivity index (χ0n) is 11.1. The van der Waals surface area contributed by atoms with Gasteiger partial charge in [0.05, 0.1) is 5.56 Å². The van der Waals surface area contributed by atoms with Crippen LogP contribution in [0.25, 0.3) is 0 Å². The van der Waals surface area contributed by atoms with Crippen molar-refractivity contribution in [1.82, 2.24) is 4.72 Å². The van der Waals surface area contributed by atoms with Crippen molar-refractivity contribution in [3.05, 3.63) is 29.6 Å². The molecular formula is C12H16FNO4S2. The Labute approximate surface area is 121 Å². The van der Waals surface area contributed by atoms with E-state index in [2.05, 4.69) is 4.72 Å². The summed E-state index contributed by atoms with van der Waals surface area (Å²) < 4.78 is 39.8. The lowest BCUT2D eigenvalue weighted by molar-refractivity contribution is 0.0696. The van der Waals surface area contributed by atoms with Crippen molar-refractivity contribution >= 4 is 27.8 Å². The summed E-state index contributed by atoms with van der Waals surface area (Å²) in [6.45, 7) is 2.03. The Bertz CT molecular complexity index is 589. The van der Waals surface area contributed by atoms with E-state index < -0.39 is 26.7 Å². The summed E-state index contributed by atoms with van der Waals surface area (Å²) in [5.74, 6) is -1.43. The van der Waals surface area contributed by atoms with Gasteiger partial charge in [0.15, 0.2) is 0 Å². The first kappa shape index (κ1) is 16.9. The molecule has 0 amide bonds. The van der Waals surface area contributed by atoms with Gasteiger partial charge in [0.1, 0.15) is 10.7 Å². The number of rotatable bonds is 7. The highest BCUT2D eigenvalue weighted by atomic mass is 32.2. The summed E-state index contributed by atoms with van der Waals surface area (Å²) in [7, 11) is -4.06. The minimum atomic E-state index is -4.06. The molecule has 0 aliphatic carbocycles. The molecule has 0 spiro atoms. The van der Waals surface area contributed by atoms with Crippen LogP contribution in [0.5, 0.6) is 0 Å². The maximum atomic E-state index is 13.6. The van der Waals surface area contributed by atoms with Crippen LogP contribution in [0, 0.1) is 11.7 Å². The first-order chi connectivity index (χ1) is 9.27. The quantitative estimate of drug-likeness (QED) is 0.800. The Morgan fingerprint density at radius 1 is 1.50 bits per heavy atom. The van der Waals surface area contributed by atoms with E-state index in [0.717, 1.165) is 24.0 Å². The van der Waals surface area contributed by atoms with E-state index in [1.54, 1.807) is 11.8 Å². The van der Waals surface area contributed by atoms with Crippen LogP contribution < -0.4 is 4.72 Å². The van der Waals surface area contributed by atoms with Crippen molar-refractivity contribution in [2.24, 2.45) is 5.92 Å². The molecule has 0 aliphatic rings. The van der Waals surface area contributed by atoms with E-state index in [0.29, 0.717) is 0 Å². The molecule has 5 nitrogen and oxygen atoms in total. The SMILES string of the molecule is CSCC(C)CNS(=O)(=O)c1cc(C(=O)O)ccc1F. The average Bonchev–Trinajstić information content (AvgIpc) is 2.37. The third-order valence-corrected chi connectivity index (χ3v) is 4.88. The molecule has 2 N–H and O–H groups in total. The Balaban J connectivity index is 2.97. The van der Waals surface area contributed by atoms with E-state index in [4.69, 9.17) is 5.11 Å². The number of benzene rings is 1. The highest BCUT2D eigenvalue weighted by Gasteiger charge is 2.21. The molecule has 0 saturated carbocycles. The molecule has 1 unspecified atom stereocenters. The Morgan fingerprint density at radius 2 is 2.15 bits per heavy atom. The largest absolute Gasteiger partial charge is 0.478 e. The molecule has 1 aromatic carbocycles. The number of hydrogen-bond acceptors (Lipinski definition) is 4. The molecule has 1 atom stereocenters. The maximum absolute atomic E-state index is 13.6. The van der Waals surface area contributed by atoms with Crippen molar-refractivity contribution in [2.75, 3.05) is 18.6 Å². The van der Waals surface area contributed by atoms with Crippen molar-refractivity contribution < 1.29 is 22.7 Å². The Kier molecular flexibility index (Phi) is 5.97. The molecule has 8 heteroatoms. The lowest BCUT2D eigenvalue weighted by atomic mass is 10.2. The van der Waals surface area contributed by atoms with Crippen LogP contribution in [0.4, 0.5) is 4.39 Å². The lowest BCUT2D eigenvalue weighted by Crippen LogP contribution is -2.30. The van der Waals surface area contributed by atoms with Crippen LogP contribution in [-0.2, 0) is 10.0 Å². The number of hydrogen-bond donors (Lipinski definition) is 2. The zero-order valence-corrected chi connectivity index (χ0v) is 12.7. The summed E-state index contributed by atoms with van der Waals surface area (Å²) in [5.41, 5.74) is -0.274. The molecule has 0 aliphatic heterocycles. The second-order valence-electron chi connectivity index (χ2n) is 4.36. The normalized spacial score (nSPS) is 13.2. The van der Waals surface area contributed by atoms with E-state index in [1.165, 1.54) is 0 Å². The van der Waals surface area contributed by atoms with Crippen LogP contribution in [-0.4, -0.2) is 38.0 Å². The smallest absolute Gasteiger partial charge is 0.335 e. The van der Waals surface area contributed by atoms with Gasteiger partial charge in [-0.2, -0.15) is 11.8 Å². The number of carboxylic acid groups (broad SMARTS) is 1. The highest BCUT2D eigenvalue weighted by Crippen LogP contribution is 2.17. The average molecular weight is 321 g/mol. The van der Waals surface area contributed by atoms with Crippen LogP contribution in [0.1, 0.15) is 17.3 Å². The molecule has 112 valence electrons. The van der Waals surface area contributed by atoms with Gasteiger partial charge in [-0.3, -0.25) is 0 Å². The molecule has 0 heterocycles. The van der Waals surface area contributed by atoms with Crippen LogP contribution >= 0.6 is 11.8 Å².